The fourth-order valence-electron chi connectivity index (χ4n) is 4.22. The minimum Gasteiger partial charge on any atom is -0.493 e. The summed E-state index contributed by atoms with van der Waals surface area (Å²) < 4.78 is 11.8. The fraction of sp³-hybridized carbons (Fsp3) is 0.333. The van der Waals surface area contributed by atoms with E-state index in [1.54, 1.807) is 7.11 Å². The predicted molar refractivity (Wildman–Crippen MR) is 131 cm³/mol. The Labute approximate surface area is 191 Å². The van der Waals surface area contributed by atoms with Crippen LogP contribution in [0.4, 0.5) is 5.69 Å². The number of hydrogen-bond acceptors (Lipinski definition) is 5. The molecular formula is C27H33N3O2. The van der Waals surface area contributed by atoms with Crippen LogP contribution in [0.1, 0.15) is 22.7 Å². The normalized spacial score (nSPS) is 15.2. The van der Waals surface area contributed by atoms with Crippen LogP contribution < -0.4 is 19.7 Å². The monoisotopic (exact) mass is 431 g/mol. The number of hydrogen-bond donors (Lipinski definition) is 1. The van der Waals surface area contributed by atoms with E-state index < -0.39 is 0 Å². The highest BCUT2D eigenvalue weighted by Gasteiger charge is 2.25. The summed E-state index contributed by atoms with van der Waals surface area (Å²) in [6.45, 7) is 4.54. The molecule has 168 valence electrons. The Morgan fingerprint density at radius 3 is 2.22 bits per heavy atom. The van der Waals surface area contributed by atoms with E-state index in [1.165, 1.54) is 16.8 Å². The first-order chi connectivity index (χ1) is 15.7. The molecule has 32 heavy (non-hydrogen) atoms. The van der Waals surface area contributed by atoms with Gasteiger partial charge in [0.1, 0.15) is 6.61 Å². The Hall–Kier alpha value is -3.02. The van der Waals surface area contributed by atoms with Crippen LogP contribution in [0.15, 0.2) is 72.8 Å². The zero-order chi connectivity index (χ0) is 22.3. The van der Waals surface area contributed by atoms with Crippen LogP contribution in [0.3, 0.4) is 0 Å². The molecule has 0 amide bonds. The highest BCUT2D eigenvalue weighted by atomic mass is 16.5. The van der Waals surface area contributed by atoms with Gasteiger partial charge in [0.2, 0.25) is 0 Å². The van der Waals surface area contributed by atoms with E-state index in [9.17, 15) is 0 Å². The third-order valence-electron chi connectivity index (χ3n) is 5.98. The molecule has 4 rings (SSSR count). The van der Waals surface area contributed by atoms with Crippen LogP contribution in [0.5, 0.6) is 11.5 Å². The Balaban J connectivity index is 1.62. The number of benzene rings is 3. The van der Waals surface area contributed by atoms with Gasteiger partial charge in [-0.1, -0.05) is 48.5 Å². The Morgan fingerprint density at radius 2 is 1.56 bits per heavy atom. The fourth-order valence-corrected chi connectivity index (χ4v) is 4.22. The van der Waals surface area contributed by atoms with Crippen LogP contribution in [-0.4, -0.2) is 52.3 Å². The van der Waals surface area contributed by atoms with Gasteiger partial charge in [-0.25, -0.2) is 0 Å². The molecule has 1 atom stereocenters. The van der Waals surface area contributed by atoms with Gasteiger partial charge in [0.05, 0.1) is 13.2 Å². The van der Waals surface area contributed by atoms with Gasteiger partial charge in [-0.05, 0) is 41.0 Å². The molecule has 0 spiro atoms. The molecule has 0 bridgehead atoms. The van der Waals surface area contributed by atoms with Gasteiger partial charge in [0, 0.05) is 46.0 Å². The Bertz CT molecular complexity index is 984. The molecule has 1 heterocycles. The molecule has 1 unspecified atom stereocenters. The number of ether oxygens (including phenoxy) is 2. The van der Waals surface area contributed by atoms with E-state index in [-0.39, 0.29) is 6.04 Å². The highest BCUT2D eigenvalue weighted by Crippen LogP contribution is 2.36. The van der Waals surface area contributed by atoms with Gasteiger partial charge >= 0.3 is 0 Å². The average molecular weight is 432 g/mol. The maximum absolute atomic E-state index is 6.09. The molecule has 0 saturated carbocycles. The molecule has 0 aromatic heterocycles. The third-order valence-corrected chi connectivity index (χ3v) is 5.98. The smallest absolute Gasteiger partial charge is 0.161 e. The minimum absolute atomic E-state index is 0.172. The van der Waals surface area contributed by atoms with Gasteiger partial charge < -0.3 is 19.7 Å². The molecule has 3 aromatic carbocycles. The number of piperazine rings is 1. The summed E-state index contributed by atoms with van der Waals surface area (Å²) in [4.78, 5) is 4.67. The van der Waals surface area contributed by atoms with E-state index in [0.29, 0.717) is 6.61 Å². The summed E-state index contributed by atoms with van der Waals surface area (Å²) in [7, 11) is 5.85. The SMILES string of the molecule is COc1cc(C(c2ccc(N(C)C)cc2)N2CCNCC2)ccc1OCc1ccccc1. The topological polar surface area (TPSA) is 37.0 Å². The van der Waals surface area contributed by atoms with E-state index in [0.717, 1.165) is 43.2 Å². The first-order valence-electron chi connectivity index (χ1n) is 11.2. The van der Waals surface area contributed by atoms with Crippen LogP contribution in [0, 0.1) is 0 Å². The highest BCUT2D eigenvalue weighted by molar-refractivity contribution is 5.50. The van der Waals surface area contributed by atoms with Gasteiger partial charge in [0.15, 0.2) is 11.5 Å². The maximum atomic E-state index is 6.09. The Kier molecular flexibility index (Phi) is 7.30. The number of nitrogens with one attached hydrogen (secondary N) is 1. The van der Waals surface area contributed by atoms with Crippen molar-refractivity contribution in [2.24, 2.45) is 0 Å². The number of methoxy groups -OCH3 is 1. The van der Waals surface area contributed by atoms with Crippen molar-refractivity contribution in [2.75, 3.05) is 52.3 Å². The number of anilines is 1. The first kappa shape index (κ1) is 22.2. The molecule has 1 fully saturated rings. The largest absolute Gasteiger partial charge is 0.493 e. The molecule has 1 aliphatic heterocycles. The molecule has 3 aromatic rings. The van der Waals surface area contributed by atoms with E-state index in [1.807, 2.05) is 24.3 Å². The van der Waals surface area contributed by atoms with Crippen molar-refractivity contribution in [2.45, 2.75) is 12.6 Å². The second-order valence-electron chi connectivity index (χ2n) is 8.36. The van der Waals surface area contributed by atoms with Crippen molar-refractivity contribution < 1.29 is 9.47 Å². The summed E-state index contributed by atoms with van der Waals surface area (Å²) in [6.07, 6.45) is 0. The predicted octanol–water partition coefficient (Wildman–Crippen LogP) is 4.33. The van der Waals surface area contributed by atoms with Crippen molar-refractivity contribution in [3.05, 3.63) is 89.5 Å². The zero-order valence-corrected chi connectivity index (χ0v) is 19.3. The lowest BCUT2D eigenvalue weighted by molar-refractivity contribution is 0.198. The van der Waals surface area contributed by atoms with Crippen molar-refractivity contribution in [3.8, 4) is 11.5 Å². The summed E-state index contributed by atoms with van der Waals surface area (Å²) in [5.74, 6) is 1.53. The molecule has 5 heteroatoms. The first-order valence-corrected chi connectivity index (χ1v) is 11.2. The van der Waals surface area contributed by atoms with Crippen LogP contribution in [0.25, 0.3) is 0 Å². The Morgan fingerprint density at radius 1 is 0.875 bits per heavy atom. The maximum Gasteiger partial charge on any atom is 0.161 e. The second kappa shape index (κ2) is 10.5. The van der Waals surface area contributed by atoms with Gasteiger partial charge in [0.25, 0.3) is 0 Å². The minimum atomic E-state index is 0.172. The van der Waals surface area contributed by atoms with E-state index in [4.69, 9.17) is 9.47 Å². The molecule has 1 saturated heterocycles. The quantitative estimate of drug-likeness (QED) is 0.574. The average Bonchev–Trinajstić information content (AvgIpc) is 2.85. The molecule has 5 nitrogen and oxygen atoms in total. The van der Waals surface area contributed by atoms with Crippen molar-refractivity contribution in [3.63, 3.8) is 0 Å². The molecule has 0 radical (unpaired) electrons. The van der Waals surface area contributed by atoms with E-state index in [2.05, 4.69) is 77.7 Å². The summed E-state index contributed by atoms with van der Waals surface area (Å²) in [6, 6.07) is 25.6. The van der Waals surface area contributed by atoms with Crippen LogP contribution >= 0.6 is 0 Å². The van der Waals surface area contributed by atoms with Gasteiger partial charge in [-0.2, -0.15) is 0 Å². The van der Waals surface area contributed by atoms with Crippen LogP contribution in [-0.2, 0) is 6.61 Å². The van der Waals surface area contributed by atoms with Crippen molar-refractivity contribution in [1.29, 1.82) is 0 Å². The zero-order valence-electron chi connectivity index (χ0n) is 19.3. The van der Waals surface area contributed by atoms with E-state index >= 15 is 0 Å². The third kappa shape index (κ3) is 5.23. The summed E-state index contributed by atoms with van der Waals surface area (Å²) in [5, 5.41) is 3.47. The lowest BCUT2D eigenvalue weighted by atomic mass is 9.95. The summed E-state index contributed by atoms with van der Waals surface area (Å²) in [5.41, 5.74) is 4.85. The lowest BCUT2D eigenvalue weighted by Crippen LogP contribution is -2.45. The van der Waals surface area contributed by atoms with Crippen LogP contribution in [0.2, 0.25) is 0 Å². The molecule has 1 aliphatic rings. The number of nitrogens with zero attached hydrogens (tertiary/aromatic N) is 2. The lowest BCUT2D eigenvalue weighted by Gasteiger charge is -2.36. The van der Waals surface area contributed by atoms with Gasteiger partial charge in [-0.15, -0.1) is 0 Å². The van der Waals surface area contributed by atoms with Crippen molar-refractivity contribution >= 4 is 5.69 Å². The standard InChI is InChI=1S/C27H33N3O2/c1-29(2)24-12-9-22(10-13-24)27(30-17-15-28-16-18-30)23-11-14-25(26(19-23)31-3)32-20-21-7-5-4-6-8-21/h4-14,19,27-28H,15-18,20H2,1-3H3. The molecule has 0 aliphatic carbocycles. The molecular weight excluding hydrogens is 398 g/mol. The van der Waals surface area contributed by atoms with Crippen molar-refractivity contribution in [1.82, 2.24) is 10.2 Å². The van der Waals surface area contributed by atoms with Gasteiger partial charge in [-0.3, -0.25) is 4.90 Å². The summed E-state index contributed by atoms with van der Waals surface area (Å²) >= 11 is 0. The molecule has 1 N–H and O–H groups in total. The number of rotatable bonds is 8. The second-order valence-corrected chi connectivity index (χ2v) is 8.36.